The molecule has 1 aliphatic heterocycles. The highest BCUT2D eigenvalue weighted by Crippen LogP contribution is 2.48. The average molecular weight is 547 g/mol. The first-order valence-corrected chi connectivity index (χ1v) is 13.8. The van der Waals surface area contributed by atoms with Gasteiger partial charge >= 0.3 is 23.9 Å². The summed E-state index contributed by atoms with van der Waals surface area (Å²) in [6.45, 7) is 8.44. The van der Waals surface area contributed by atoms with Gasteiger partial charge in [0.05, 0.1) is 22.9 Å². The van der Waals surface area contributed by atoms with Gasteiger partial charge in [-0.05, 0) is 78.2 Å². The van der Waals surface area contributed by atoms with Gasteiger partial charge in [0.1, 0.15) is 5.60 Å². The maximum Gasteiger partial charge on any atom is 0.347 e. The van der Waals surface area contributed by atoms with Crippen molar-refractivity contribution in [1.82, 2.24) is 0 Å². The third kappa shape index (κ3) is 6.80. The van der Waals surface area contributed by atoms with Gasteiger partial charge in [0.15, 0.2) is 0 Å². The number of cyclic esters (lactones) is 1. The van der Waals surface area contributed by atoms with Crippen molar-refractivity contribution in [2.24, 2.45) is 16.2 Å². The lowest BCUT2D eigenvalue weighted by Gasteiger charge is -2.43. The molecule has 1 aromatic rings. The lowest BCUT2D eigenvalue weighted by atomic mass is 9.65. The van der Waals surface area contributed by atoms with Gasteiger partial charge in [-0.1, -0.05) is 43.7 Å². The van der Waals surface area contributed by atoms with Crippen LogP contribution < -0.4 is 0 Å². The molecule has 2 aliphatic rings. The summed E-state index contributed by atoms with van der Waals surface area (Å²) in [6, 6.07) is 9.75. The molecule has 9 nitrogen and oxygen atoms in total. The molecule has 0 bridgehead atoms. The number of hydrogen-bond donors (Lipinski definition) is 1. The Morgan fingerprint density at radius 1 is 0.949 bits per heavy atom. The van der Waals surface area contributed by atoms with E-state index < -0.39 is 51.8 Å². The zero-order valence-electron chi connectivity index (χ0n) is 23.7. The quantitative estimate of drug-likeness (QED) is 0.166. The summed E-state index contributed by atoms with van der Waals surface area (Å²) in [5, 5.41) is 9.06. The van der Waals surface area contributed by atoms with E-state index in [2.05, 4.69) is 4.89 Å². The first-order valence-electron chi connectivity index (χ1n) is 13.8. The van der Waals surface area contributed by atoms with Crippen LogP contribution in [0.4, 0.5) is 0 Å². The second-order valence-corrected chi connectivity index (χ2v) is 12.3. The number of esters is 3. The van der Waals surface area contributed by atoms with Gasteiger partial charge in [0.25, 0.3) is 0 Å². The highest BCUT2D eigenvalue weighted by atomic mass is 17.1. The van der Waals surface area contributed by atoms with Gasteiger partial charge in [0, 0.05) is 6.42 Å². The van der Waals surface area contributed by atoms with E-state index in [4.69, 9.17) is 19.5 Å². The highest BCUT2D eigenvalue weighted by Gasteiger charge is 2.52. The molecule has 0 spiro atoms. The van der Waals surface area contributed by atoms with Crippen molar-refractivity contribution in [3.63, 3.8) is 0 Å². The summed E-state index contributed by atoms with van der Waals surface area (Å²) >= 11 is 0. The van der Waals surface area contributed by atoms with Crippen molar-refractivity contribution >= 4 is 23.9 Å². The normalized spacial score (nSPS) is 22.1. The second-order valence-electron chi connectivity index (χ2n) is 12.3. The molecular formula is C30H42O9. The standard InChI is InChI=1S/C30H42O9/c1-6-28(4,26(34)38-30(16-11-8-12-17-30)21-13-9-7-10-14-21)20-29(5,19-27(2,3)24(32)39-35)25(33)37-22-15-18-36-23(22)31/h7,9-10,13-14,22,35H,6,8,11-12,15-20H2,1-5H3. The lowest BCUT2D eigenvalue weighted by molar-refractivity contribution is -0.245. The first-order chi connectivity index (χ1) is 18.3. The molecule has 1 aromatic carbocycles. The minimum Gasteiger partial charge on any atom is -0.463 e. The topological polar surface area (TPSA) is 125 Å². The average Bonchev–Trinajstić information content (AvgIpc) is 3.32. The van der Waals surface area contributed by atoms with E-state index >= 15 is 0 Å². The Morgan fingerprint density at radius 2 is 1.59 bits per heavy atom. The van der Waals surface area contributed by atoms with E-state index in [1.807, 2.05) is 37.3 Å². The Labute approximate surface area is 230 Å². The molecule has 2 fully saturated rings. The van der Waals surface area contributed by atoms with E-state index in [1.54, 1.807) is 13.8 Å². The molecule has 0 amide bonds. The van der Waals surface area contributed by atoms with Crippen molar-refractivity contribution in [2.45, 2.75) is 104 Å². The van der Waals surface area contributed by atoms with Gasteiger partial charge in [-0.25, -0.2) is 9.59 Å². The van der Waals surface area contributed by atoms with Crippen molar-refractivity contribution in [3.05, 3.63) is 35.9 Å². The van der Waals surface area contributed by atoms with Gasteiger partial charge < -0.3 is 19.1 Å². The Bertz CT molecular complexity index is 1040. The Hall–Kier alpha value is -2.94. The molecule has 0 aromatic heterocycles. The van der Waals surface area contributed by atoms with Gasteiger partial charge in [-0.2, -0.15) is 5.26 Å². The van der Waals surface area contributed by atoms with Gasteiger partial charge in [0.2, 0.25) is 6.10 Å². The van der Waals surface area contributed by atoms with Crippen molar-refractivity contribution in [2.75, 3.05) is 6.61 Å². The van der Waals surface area contributed by atoms with Crippen molar-refractivity contribution in [3.8, 4) is 0 Å². The maximum atomic E-state index is 14.0. The Morgan fingerprint density at radius 3 is 2.13 bits per heavy atom. The fourth-order valence-electron chi connectivity index (χ4n) is 6.05. The van der Waals surface area contributed by atoms with Crippen LogP contribution in [0.5, 0.6) is 0 Å². The molecule has 216 valence electrons. The van der Waals surface area contributed by atoms with E-state index in [-0.39, 0.29) is 25.9 Å². The summed E-state index contributed by atoms with van der Waals surface area (Å²) in [4.78, 5) is 56.1. The third-order valence-electron chi connectivity index (χ3n) is 8.40. The van der Waals surface area contributed by atoms with Crippen LogP contribution in [0.3, 0.4) is 0 Å². The molecule has 3 unspecified atom stereocenters. The number of carbonyl (C=O) groups excluding carboxylic acids is 4. The van der Waals surface area contributed by atoms with Crippen LogP contribution in [0.15, 0.2) is 30.3 Å². The van der Waals surface area contributed by atoms with Crippen LogP contribution in [-0.4, -0.2) is 41.8 Å². The molecule has 1 saturated carbocycles. The molecule has 0 radical (unpaired) electrons. The summed E-state index contributed by atoms with van der Waals surface area (Å²) < 4.78 is 16.9. The Kier molecular flexibility index (Phi) is 9.47. The molecule has 1 heterocycles. The van der Waals surface area contributed by atoms with Crippen LogP contribution in [0.25, 0.3) is 0 Å². The zero-order chi connectivity index (χ0) is 28.9. The molecule has 3 atom stereocenters. The smallest absolute Gasteiger partial charge is 0.347 e. The number of benzene rings is 1. The predicted octanol–water partition coefficient (Wildman–Crippen LogP) is 5.49. The summed E-state index contributed by atoms with van der Waals surface area (Å²) in [6.07, 6.45) is 3.78. The molecule has 1 N–H and O–H groups in total. The third-order valence-corrected chi connectivity index (χ3v) is 8.40. The molecule has 3 rings (SSSR count). The highest BCUT2D eigenvalue weighted by molar-refractivity contribution is 5.85. The number of rotatable bonds is 11. The van der Waals surface area contributed by atoms with E-state index in [0.717, 1.165) is 24.8 Å². The van der Waals surface area contributed by atoms with Crippen LogP contribution in [-0.2, 0) is 43.9 Å². The fraction of sp³-hybridized carbons (Fsp3) is 0.667. The predicted molar refractivity (Wildman–Crippen MR) is 141 cm³/mol. The molecule has 1 aliphatic carbocycles. The minimum atomic E-state index is -1.41. The molecule has 1 saturated heterocycles. The summed E-state index contributed by atoms with van der Waals surface area (Å²) in [7, 11) is 0. The Balaban J connectivity index is 1.93. The number of carbonyl (C=O) groups is 4. The second kappa shape index (κ2) is 12.1. The number of hydrogen-bond acceptors (Lipinski definition) is 9. The van der Waals surface area contributed by atoms with Gasteiger partial charge in [-0.15, -0.1) is 0 Å². The number of ether oxygens (including phenoxy) is 3. The monoisotopic (exact) mass is 546 g/mol. The van der Waals surface area contributed by atoms with Crippen LogP contribution >= 0.6 is 0 Å². The van der Waals surface area contributed by atoms with Crippen LogP contribution in [0, 0.1) is 16.2 Å². The van der Waals surface area contributed by atoms with E-state index in [1.165, 1.54) is 13.8 Å². The van der Waals surface area contributed by atoms with Crippen LogP contribution in [0.1, 0.15) is 98.0 Å². The largest absolute Gasteiger partial charge is 0.463 e. The zero-order valence-corrected chi connectivity index (χ0v) is 23.7. The summed E-state index contributed by atoms with van der Waals surface area (Å²) in [5.41, 5.74) is -3.63. The van der Waals surface area contributed by atoms with E-state index in [0.29, 0.717) is 19.3 Å². The molecule has 9 heteroatoms. The van der Waals surface area contributed by atoms with Gasteiger partial charge in [-0.3, -0.25) is 9.59 Å². The van der Waals surface area contributed by atoms with E-state index in [9.17, 15) is 19.2 Å². The van der Waals surface area contributed by atoms with Crippen molar-refractivity contribution < 1.29 is 43.5 Å². The summed E-state index contributed by atoms with van der Waals surface area (Å²) in [5.74, 6) is -2.71. The first kappa shape index (κ1) is 30.6. The molecule has 39 heavy (non-hydrogen) atoms. The molecular weight excluding hydrogens is 504 g/mol. The SMILES string of the molecule is CCC(C)(CC(C)(CC(C)(C)C(=O)OO)C(=O)OC1CCOC1=O)C(=O)OC1(c2ccccc2)CCCCC1. The van der Waals surface area contributed by atoms with Crippen LogP contribution in [0.2, 0.25) is 0 Å². The van der Waals surface area contributed by atoms with Crippen molar-refractivity contribution in [1.29, 1.82) is 0 Å². The fourth-order valence-corrected chi connectivity index (χ4v) is 6.05. The minimum absolute atomic E-state index is 0.0110. The lowest BCUT2D eigenvalue weighted by Crippen LogP contribution is -2.47. The maximum absolute atomic E-state index is 14.0.